The Labute approximate surface area is 173 Å². The maximum absolute atomic E-state index is 13.0. The van der Waals surface area contributed by atoms with E-state index in [-0.39, 0.29) is 12.1 Å². The number of nitrogens with zero attached hydrogens (tertiary/aromatic N) is 2. The molecule has 2 aromatic rings. The minimum Gasteiger partial charge on any atom is -0.446 e. The number of benzene rings is 1. The Morgan fingerprint density at radius 3 is 2.33 bits per heavy atom. The van der Waals surface area contributed by atoms with Crippen molar-refractivity contribution in [2.75, 3.05) is 6.54 Å². The van der Waals surface area contributed by atoms with Crippen LogP contribution in [0.4, 0.5) is 13.6 Å². The van der Waals surface area contributed by atoms with Gasteiger partial charge in [0.1, 0.15) is 6.10 Å². The van der Waals surface area contributed by atoms with E-state index in [2.05, 4.69) is 0 Å². The average molecular weight is 420 g/mol. The lowest BCUT2D eigenvalue weighted by atomic mass is 9.97. The first-order valence-electron chi connectivity index (χ1n) is 9.85. The molecule has 1 saturated heterocycles. The number of carbonyl (C=O) groups is 1. The van der Waals surface area contributed by atoms with E-state index in [4.69, 9.17) is 4.74 Å². The third-order valence-electron chi connectivity index (χ3n) is 5.26. The molecule has 0 aliphatic carbocycles. The van der Waals surface area contributed by atoms with Gasteiger partial charge < -0.3 is 14.7 Å². The molecular formula is C22H26F2N2O4. The highest BCUT2D eigenvalue weighted by molar-refractivity contribution is 5.69. The van der Waals surface area contributed by atoms with Gasteiger partial charge in [-0.2, -0.15) is 8.78 Å². The molecule has 1 aromatic heterocycles. The van der Waals surface area contributed by atoms with Crippen molar-refractivity contribution in [2.45, 2.75) is 57.9 Å². The minimum absolute atomic E-state index is 0.232. The van der Waals surface area contributed by atoms with Crippen molar-refractivity contribution in [1.29, 1.82) is 0 Å². The first kappa shape index (κ1) is 22.0. The van der Waals surface area contributed by atoms with Gasteiger partial charge in [-0.25, -0.2) is 4.79 Å². The molecule has 3 rings (SSSR count). The van der Waals surface area contributed by atoms with E-state index in [1.165, 1.54) is 6.07 Å². The summed E-state index contributed by atoms with van der Waals surface area (Å²) < 4.78 is 31.8. The molecule has 1 aromatic carbocycles. The average Bonchev–Trinajstić information content (AvgIpc) is 2.66. The number of rotatable bonds is 6. The Bertz CT molecular complexity index is 951. The topological polar surface area (TPSA) is 71.8 Å². The molecule has 30 heavy (non-hydrogen) atoms. The summed E-state index contributed by atoms with van der Waals surface area (Å²) >= 11 is 0. The fourth-order valence-electron chi connectivity index (χ4n) is 3.66. The molecule has 0 radical (unpaired) electrons. The molecule has 1 N–H and O–H groups in total. The number of aromatic nitrogens is 1. The molecule has 2 atom stereocenters. The molecule has 0 bridgehead atoms. The van der Waals surface area contributed by atoms with Crippen LogP contribution in [-0.4, -0.2) is 38.9 Å². The zero-order valence-corrected chi connectivity index (χ0v) is 17.2. The van der Waals surface area contributed by atoms with Gasteiger partial charge in [0, 0.05) is 31.6 Å². The van der Waals surface area contributed by atoms with Gasteiger partial charge in [0.05, 0.1) is 11.6 Å². The van der Waals surface area contributed by atoms with Crippen LogP contribution in [0.5, 0.6) is 0 Å². The smallest absolute Gasteiger partial charge is 0.410 e. The summed E-state index contributed by atoms with van der Waals surface area (Å²) in [7, 11) is 0. The van der Waals surface area contributed by atoms with Gasteiger partial charge in [-0.3, -0.25) is 9.36 Å². The fourth-order valence-corrected chi connectivity index (χ4v) is 3.66. The van der Waals surface area contributed by atoms with E-state index in [0.717, 1.165) is 17.8 Å². The Morgan fingerprint density at radius 2 is 1.77 bits per heavy atom. The molecule has 2 unspecified atom stereocenters. The van der Waals surface area contributed by atoms with Crippen molar-refractivity contribution in [1.82, 2.24) is 9.47 Å². The Balaban J connectivity index is 1.72. The first-order valence-corrected chi connectivity index (χ1v) is 9.85. The lowest BCUT2D eigenvalue weighted by molar-refractivity contribution is -0.0309. The standard InChI is InChI=1S/C22H26F2N2O4/c1-14(25-11-10-18(30-21(25)28)12-22(2,3)29)15-4-6-16(7-5-15)17-8-9-19(27)26(13-17)20(23)24/h4-9,13-14,18,20,29H,10-12H2,1-3H3. The highest BCUT2D eigenvalue weighted by Crippen LogP contribution is 2.29. The summed E-state index contributed by atoms with van der Waals surface area (Å²) in [4.78, 5) is 25.6. The summed E-state index contributed by atoms with van der Waals surface area (Å²) in [6.07, 6.45) is 1.42. The van der Waals surface area contributed by atoms with Gasteiger partial charge in [0.15, 0.2) is 0 Å². The second-order valence-corrected chi connectivity index (χ2v) is 8.24. The van der Waals surface area contributed by atoms with Crippen molar-refractivity contribution in [3.05, 3.63) is 58.5 Å². The molecular weight excluding hydrogens is 394 g/mol. The number of hydrogen-bond acceptors (Lipinski definition) is 4. The molecule has 0 saturated carbocycles. The molecule has 0 spiro atoms. The van der Waals surface area contributed by atoms with E-state index in [1.807, 2.05) is 19.1 Å². The molecule has 1 fully saturated rings. The quantitative estimate of drug-likeness (QED) is 0.755. The number of hydrogen-bond donors (Lipinski definition) is 1. The molecule has 6 nitrogen and oxygen atoms in total. The highest BCUT2D eigenvalue weighted by Gasteiger charge is 2.33. The first-order chi connectivity index (χ1) is 14.0. The van der Waals surface area contributed by atoms with Crippen LogP contribution < -0.4 is 5.56 Å². The Morgan fingerprint density at radius 1 is 1.13 bits per heavy atom. The number of ether oxygens (including phenoxy) is 1. The molecule has 8 heteroatoms. The number of halogens is 2. The maximum Gasteiger partial charge on any atom is 0.410 e. The summed E-state index contributed by atoms with van der Waals surface area (Å²) in [6.45, 7) is 2.88. The number of alkyl halides is 2. The second kappa shape index (κ2) is 8.55. The SMILES string of the molecule is CC(c1ccc(-c2ccc(=O)n(C(F)F)c2)cc1)N1CCC(CC(C)(C)O)OC1=O. The fraction of sp³-hybridized carbons (Fsp3) is 0.455. The third-order valence-corrected chi connectivity index (χ3v) is 5.26. The van der Waals surface area contributed by atoms with Gasteiger partial charge in [-0.15, -0.1) is 0 Å². The van der Waals surface area contributed by atoms with E-state index >= 15 is 0 Å². The van der Waals surface area contributed by atoms with Crippen molar-refractivity contribution in [3.8, 4) is 11.1 Å². The van der Waals surface area contributed by atoms with Crippen LogP contribution in [0.1, 0.15) is 51.8 Å². The van der Waals surface area contributed by atoms with E-state index in [9.17, 15) is 23.5 Å². The van der Waals surface area contributed by atoms with E-state index in [0.29, 0.717) is 35.1 Å². The van der Waals surface area contributed by atoms with Crippen molar-refractivity contribution < 1.29 is 23.4 Å². The van der Waals surface area contributed by atoms with Gasteiger partial charge in [0.2, 0.25) is 0 Å². The molecule has 1 aliphatic heterocycles. The zero-order valence-electron chi connectivity index (χ0n) is 17.2. The normalized spacial score (nSPS) is 18.4. The lowest BCUT2D eigenvalue weighted by Gasteiger charge is -2.37. The van der Waals surface area contributed by atoms with E-state index < -0.39 is 23.8 Å². The number of carbonyl (C=O) groups excluding carboxylic acids is 1. The van der Waals surface area contributed by atoms with Crippen LogP contribution in [0, 0.1) is 0 Å². The largest absolute Gasteiger partial charge is 0.446 e. The lowest BCUT2D eigenvalue weighted by Crippen LogP contribution is -2.45. The molecule has 1 aliphatic rings. The van der Waals surface area contributed by atoms with Crippen molar-refractivity contribution in [3.63, 3.8) is 0 Å². The van der Waals surface area contributed by atoms with Gasteiger partial charge >= 0.3 is 12.6 Å². The summed E-state index contributed by atoms with van der Waals surface area (Å²) in [5.41, 5.74) is 0.401. The summed E-state index contributed by atoms with van der Waals surface area (Å²) in [5, 5.41) is 9.93. The Kier molecular flexibility index (Phi) is 6.26. The number of aliphatic hydroxyl groups is 1. The molecule has 162 valence electrons. The predicted octanol–water partition coefficient (Wildman–Crippen LogP) is 4.34. The monoisotopic (exact) mass is 420 g/mol. The molecule has 2 heterocycles. The van der Waals surface area contributed by atoms with Crippen LogP contribution >= 0.6 is 0 Å². The van der Waals surface area contributed by atoms with Gasteiger partial charge in [-0.05, 0) is 43.5 Å². The van der Waals surface area contributed by atoms with Crippen molar-refractivity contribution >= 4 is 6.09 Å². The van der Waals surface area contributed by atoms with Crippen LogP contribution in [-0.2, 0) is 4.74 Å². The predicted molar refractivity (Wildman–Crippen MR) is 108 cm³/mol. The number of amides is 1. The maximum atomic E-state index is 13.0. The second-order valence-electron chi connectivity index (χ2n) is 8.24. The van der Waals surface area contributed by atoms with Gasteiger partial charge in [-0.1, -0.05) is 24.3 Å². The number of pyridine rings is 1. The molecule has 1 amide bonds. The van der Waals surface area contributed by atoms with Crippen LogP contribution in [0.25, 0.3) is 11.1 Å². The zero-order chi connectivity index (χ0) is 22.1. The summed E-state index contributed by atoms with van der Waals surface area (Å²) in [5.74, 6) is 0. The van der Waals surface area contributed by atoms with Crippen LogP contribution in [0.3, 0.4) is 0 Å². The van der Waals surface area contributed by atoms with E-state index in [1.54, 1.807) is 30.9 Å². The Hall–Kier alpha value is -2.74. The van der Waals surface area contributed by atoms with Crippen molar-refractivity contribution in [2.24, 2.45) is 0 Å². The van der Waals surface area contributed by atoms with Crippen LogP contribution in [0.15, 0.2) is 47.4 Å². The number of cyclic esters (lactones) is 1. The van der Waals surface area contributed by atoms with Crippen LogP contribution in [0.2, 0.25) is 0 Å². The third kappa shape index (κ3) is 5.05. The minimum atomic E-state index is -2.90. The summed E-state index contributed by atoms with van der Waals surface area (Å²) in [6, 6.07) is 9.59. The van der Waals surface area contributed by atoms with Gasteiger partial charge in [0.25, 0.3) is 5.56 Å². The highest BCUT2D eigenvalue weighted by atomic mass is 19.3.